The fourth-order valence-corrected chi connectivity index (χ4v) is 4.49. The number of methoxy groups -OCH3 is 1. The smallest absolute Gasteiger partial charge is 0.249 e. The minimum absolute atomic E-state index is 0.0333. The predicted molar refractivity (Wildman–Crippen MR) is 89.5 cm³/mol. The zero-order chi connectivity index (χ0) is 17.2. The second-order valence-corrected chi connectivity index (χ2v) is 7.66. The molecule has 0 atom stereocenters. The Morgan fingerprint density at radius 1 is 1.12 bits per heavy atom. The first-order chi connectivity index (χ1) is 11.6. The molecule has 136 valence electrons. The summed E-state index contributed by atoms with van der Waals surface area (Å²) in [7, 11) is 1.56. The summed E-state index contributed by atoms with van der Waals surface area (Å²) < 4.78 is 10.6. The molecule has 0 N–H and O–H groups in total. The maximum Gasteiger partial charge on any atom is 0.249 e. The number of rotatable bonds is 3. The van der Waals surface area contributed by atoms with Crippen LogP contribution in [-0.2, 0) is 19.1 Å². The minimum Gasteiger partial charge on any atom is -0.381 e. The van der Waals surface area contributed by atoms with Crippen molar-refractivity contribution in [2.75, 3.05) is 46.6 Å². The Bertz CT molecular complexity index is 470. The number of ether oxygens (including phenoxy) is 2. The zero-order valence-electron chi connectivity index (χ0n) is 15.0. The molecule has 0 aromatic rings. The van der Waals surface area contributed by atoms with Crippen molar-refractivity contribution in [3.8, 4) is 0 Å². The van der Waals surface area contributed by atoms with Crippen LogP contribution in [0.2, 0.25) is 0 Å². The number of hydrogen-bond donors (Lipinski definition) is 0. The van der Waals surface area contributed by atoms with E-state index in [0.717, 1.165) is 38.6 Å². The molecule has 1 saturated carbocycles. The maximum atomic E-state index is 12.7. The van der Waals surface area contributed by atoms with Crippen molar-refractivity contribution >= 4 is 11.8 Å². The largest absolute Gasteiger partial charge is 0.381 e. The molecule has 6 heteroatoms. The topological polar surface area (TPSA) is 59.1 Å². The summed E-state index contributed by atoms with van der Waals surface area (Å²) in [6, 6.07) is 0. The number of amides is 2. The minimum atomic E-state index is -0.171. The third-order valence-corrected chi connectivity index (χ3v) is 6.04. The second kappa shape index (κ2) is 7.40. The summed E-state index contributed by atoms with van der Waals surface area (Å²) in [5, 5.41) is 0. The van der Waals surface area contributed by atoms with Crippen molar-refractivity contribution in [2.24, 2.45) is 11.8 Å². The van der Waals surface area contributed by atoms with Crippen LogP contribution in [-0.4, -0.2) is 73.7 Å². The van der Waals surface area contributed by atoms with Crippen molar-refractivity contribution in [3.63, 3.8) is 0 Å². The van der Waals surface area contributed by atoms with Crippen molar-refractivity contribution < 1.29 is 19.1 Å². The fourth-order valence-electron chi connectivity index (χ4n) is 4.49. The first kappa shape index (κ1) is 17.7. The lowest BCUT2D eigenvalue weighted by atomic mass is 9.75. The average Bonchev–Trinajstić information content (AvgIpc) is 2.72. The molecule has 0 radical (unpaired) electrons. The number of hydrogen-bond acceptors (Lipinski definition) is 4. The van der Waals surface area contributed by atoms with E-state index in [1.54, 1.807) is 7.11 Å². The molecule has 3 aliphatic rings. The van der Waals surface area contributed by atoms with Crippen LogP contribution < -0.4 is 0 Å². The highest BCUT2D eigenvalue weighted by atomic mass is 16.5. The molecule has 0 bridgehead atoms. The highest BCUT2D eigenvalue weighted by Crippen LogP contribution is 2.37. The van der Waals surface area contributed by atoms with Crippen LogP contribution in [0.15, 0.2) is 0 Å². The van der Waals surface area contributed by atoms with Gasteiger partial charge < -0.3 is 19.3 Å². The van der Waals surface area contributed by atoms with Gasteiger partial charge in [0, 0.05) is 51.4 Å². The molecular formula is C18H30N2O4. The van der Waals surface area contributed by atoms with Crippen molar-refractivity contribution in [1.29, 1.82) is 0 Å². The van der Waals surface area contributed by atoms with Gasteiger partial charge in [0.1, 0.15) is 6.61 Å². The Hall–Kier alpha value is -1.14. The molecule has 2 aliphatic heterocycles. The second-order valence-electron chi connectivity index (χ2n) is 7.66. The van der Waals surface area contributed by atoms with Gasteiger partial charge in [-0.1, -0.05) is 6.92 Å². The lowest BCUT2D eigenvalue weighted by Gasteiger charge is -2.45. The Balaban J connectivity index is 1.71. The van der Waals surface area contributed by atoms with Crippen LogP contribution in [0.1, 0.15) is 39.0 Å². The van der Waals surface area contributed by atoms with Crippen LogP contribution in [0, 0.1) is 11.8 Å². The van der Waals surface area contributed by atoms with Gasteiger partial charge in [0.05, 0.1) is 0 Å². The van der Waals surface area contributed by atoms with Crippen LogP contribution in [0.4, 0.5) is 0 Å². The van der Waals surface area contributed by atoms with Gasteiger partial charge in [-0.05, 0) is 38.0 Å². The molecule has 2 heterocycles. The quantitative estimate of drug-likeness (QED) is 0.778. The van der Waals surface area contributed by atoms with Gasteiger partial charge in [-0.2, -0.15) is 0 Å². The van der Waals surface area contributed by atoms with E-state index in [-0.39, 0.29) is 29.9 Å². The van der Waals surface area contributed by atoms with E-state index in [1.807, 2.05) is 9.80 Å². The van der Waals surface area contributed by atoms with Crippen molar-refractivity contribution in [1.82, 2.24) is 9.80 Å². The van der Waals surface area contributed by atoms with Crippen LogP contribution in [0.25, 0.3) is 0 Å². The first-order valence-corrected chi connectivity index (χ1v) is 9.22. The molecule has 24 heavy (non-hydrogen) atoms. The van der Waals surface area contributed by atoms with E-state index in [4.69, 9.17) is 9.47 Å². The zero-order valence-corrected chi connectivity index (χ0v) is 15.0. The number of carbonyl (C=O) groups is 2. The molecule has 0 unspecified atom stereocenters. The SMILES string of the molecule is COCC(=O)N1CCN(C(=O)C2CC(C)C2)CCC12CCOCC2. The highest BCUT2D eigenvalue weighted by Gasteiger charge is 2.44. The molecule has 1 spiro atoms. The lowest BCUT2D eigenvalue weighted by molar-refractivity contribution is -0.146. The maximum absolute atomic E-state index is 12.7. The van der Waals surface area contributed by atoms with Gasteiger partial charge in [0.15, 0.2) is 0 Å². The molecule has 3 rings (SSSR count). The fraction of sp³-hybridized carbons (Fsp3) is 0.889. The monoisotopic (exact) mass is 338 g/mol. The van der Waals surface area contributed by atoms with Crippen molar-refractivity contribution in [3.05, 3.63) is 0 Å². The Morgan fingerprint density at radius 3 is 2.46 bits per heavy atom. The highest BCUT2D eigenvalue weighted by molar-refractivity contribution is 5.81. The van der Waals surface area contributed by atoms with Gasteiger partial charge in [0.25, 0.3) is 0 Å². The van der Waals surface area contributed by atoms with E-state index >= 15 is 0 Å². The molecule has 2 saturated heterocycles. The first-order valence-electron chi connectivity index (χ1n) is 9.22. The van der Waals surface area contributed by atoms with Gasteiger partial charge in [0.2, 0.25) is 11.8 Å². The van der Waals surface area contributed by atoms with E-state index < -0.39 is 0 Å². The third-order valence-electron chi connectivity index (χ3n) is 6.04. The molecule has 0 aromatic heterocycles. The summed E-state index contributed by atoms with van der Waals surface area (Å²) in [6.07, 6.45) is 4.58. The van der Waals surface area contributed by atoms with Crippen molar-refractivity contribution in [2.45, 2.75) is 44.6 Å². The molecule has 2 amide bonds. The normalized spacial score (nSPS) is 29.9. The number of nitrogens with zero attached hydrogens (tertiary/aromatic N) is 2. The van der Waals surface area contributed by atoms with E-state index in [2.05, 4.69) is 6.92 Å². The Labute approximate surface area is 144 Å². The molecule has 6 nitrogen and oxygen atoms in total. The summed E-state index contributed by atoms with van der Waals surface area (Å²) in [6.45, 7) is 5.68. The van der Waals surface area contributed by atoms with E-state index in [0.29, 0.717) is 32.2 Å². The third kappa shape index (κ3) is 3.45. The van der Waals surface area contributed by atoms with E-state index in [9.17, 15) is 9.59 Å². The molecule has 1 aliphatic carbocycles. The summed E-state index contributed by atoms with van der Waals surface area (Å²) >= 11 is 0. The number of carbonyl (C=O) groups excluding carboxylic acids is 2. The Morgan fingerprint density at radius 2 is 1.83 bits per heavy atom. The average molecular weight is 338 g/mol. The van der Waals surface area contributed by atoms with Crippen LogP contribution in [0.5, 0.6) is 0 Å². The summed E-state index contributed by atoms with van der Waals surface area (Å²) in [5.74, 6) is 1.20. The van der Waals surface area contributed by atoms with Gasteiger partial charge in [-0.3, -0.25) is 9.59 Å². The summed E-state index contributed by atoms with van der Waals surface area (Å²) in [4.78, 5) is 29.3. The predicted octanol–water partition coefficient (Wildman–Crippen LogP) is 1.29. The van der Waals surface area contributed by atoms with Crippen LogP contribution in [0.3, 0.4) is 0 Å². The summed E-state index contributed by atoms with van der Waals surface area (Å²) in [5.41, 5.74) is -0.171. The Kier molecular flexibility index (Phi) is 5.45. The molecular weight excluding hydrogens is 308 g/mol. The molecule has 0 aromatic carbocycles. The van der Waals surface area contributed by atoms with Gasteiger partial charge >= 0.3 is 0 Å². The van der Waals surface area contributed by atoms with Gasteiger partial charge in [-0.15, -0.1) is 0 Å². The van der Waals surface area contributed by atoms with Crippen LogP contribution >= 0.6 is 0 Å². The molecule has 3 fully saturated rings. The van der Waals surface area contributed by atoms with Gasteiger partial charge in [-0.25, -0.2) is 0 Å². The standard InChI is InChI=1S/C18H30N2O4/c1-14-11-15(12-14)17(22)19-6-3-18(4-9-24-10-5-18)20(8-7-19)16(21)13-23-2/h14-15H,3-13H2,1-2H3. The van der Waals surface area contributed by atoms with E-state index in [1.165, 1.54) is 0 Å². The lowest BCUT2D eigenvalue weighted by Crippen LogP contribution is -2.55.